The van der Waals surface area contributed by atoms with Gasteiger partial charge in [-0.05, 0) is 94.5 Å². The number of nitrogens with zero attached hydrogens (tertiary/aromatic N) is 3. The number of fused-ring (bicyclic) bond motifs is 1. The summed E-state index contributed by atoms with van der Waals surface area (Å²) in [5.74, 6) is 0.564. The van der Waals surface area contributed by atoms with Crippen molar-refractivity contribution < 1.29 is 0 Å². The highest BCUT2D eigenvalue weighted by Gasteiger charge is 2.35. The van der Waals surface area contributed by atoms with Crippen molar-refractivity contribution in [2.75, 3.05) is 29.4 Å². The second-order valence-corrected chi connectivity index (χ2v) is 8.43. The van der Waals surface area contributed by atoms with E-state index in [2.05, 4.69) is 93.8 Å². The van der Waals surface area contributed by atoms with Crippen LogP contribution < -0.4 is 9.80 Å². The van der Waals surface area contributed by atoms with Crippen LogP contribution in [0.2, 0.25) is 0 Å². The van der Waals surface area contributed by atoms with Gasteiger partial charge in [0.15, 0.2) is 0 Å². The van der Waals surface area contributed by atoms with Gasteiger partial charge < -0.3 is 9.80 Å². The smallest absolute Gasteiger partial charge is 0.0631 e. The maximum atomic E-state index is 4.71. The lowest BCUT2D eigenvalue weighted by atomic mass is 9.79. The molecule has 0 fully saturated rings. The van der Waals surface area contributed by atoms with Crippen LogP contribution in [0, 0.1) is 0 Å². The molecule has 0 amide bonds. The van der Waals surface area contributed by atoms with E-state index in [1.165, 1.54) is 28.9 Å². The molecule has 0 bridgehead atoms. The fourth-order valence-corrected chi connectivity index (χ4v) is 4.68. The topological polar surface area (TPSA) is 18.8 Å². The summed E-state index contributed by atoms with van der Waals surface area (Å²) >= 11 is 0. The maximum absolute atomic E-state index is 4.71. The van der Waals surface area contributed by atoms with Gasteiger partial charge in [-0.25, -0.2) is 0 Å². The molecule has 150 valence electrons. The molecule has 1 aliphatic rings. The summed E-state index contributed by atoms with van der Waals surface area (Å²) in [6.07, 6.45) is 3.18. The number of hydrogen-bond donors (Lipinski definition) is 0. The Balaban J connectivity index is 1.81. The Morgan fingerprint density at radius 1 is 1.07 bits per heavy atom. The summed E-state index contributed by atoms with van der Waals surface area (Å²) in [5, 5.41) is 0. The van der Waals surface area contributed by atoms with Gasteiger partial charge in [0, 0.05) is 42.8 Å². The van der Waals surface area contributed by atoms with E-state index in [-0.39, 0.29) is 5.54 Å². The highest BCUT2D eigenvalue weighted by Crippen LogP contribution is 2.43. The van der Waals surface area contributed by atoms with Crippen molar-refractivity contribution in [3.63, 3.8) is 0 Å². The number of aliphatic imine (C=N–C) groups is 1. The molecule has 1 aliphatic heterocycles. The molecule has 28 heavy (non-hydrogen) atoms. The third-order valence-corrected chi connectivity index (χ3v) is 6.07. The van der Waals surface area contributed by atoms with E-state index >= 15 is 0 Å². The van der Waals surface area contributed by atoms with Crippen LogP contribution >= 0.6 is 0 Å². The lowest BCUT2D eigenvalue weighted by molar-refractivity contribution is 0.381. The quantitative estimate of drug-likeness (QED) is 0.543. The Morgan fingerprint density at radius 3 is 2.36 bits per heavy atom. The van der Waals surface area contributed by atoms with Gasteiger partial charge in [-0.3, -0.25) is 4.99 Å². The standard InChI is InChI=1S/C25H35N3/c1-7-27(8-2)22-13-11-21(12-14-22)26-18-20-10-15-24-23(16-20)19(4)17-25(5,6)28(24)9-3/h10-16,18-19H,7-9,17H2,1-6H3. The van der Waals surface area contributed by atoms with Crippen molar-refractivity contribution in [3.05, 3.63) is 53.6 Å². The van der Waals surface area contributed by atoms with Crippen LogP contribution in [0.4, 0.5) is 17.1 Å². The zero-order chi connectivity index (χ0) is 20.3. The van der Waals surface area contributed by atoms with Crippen LogP contribution in [0.3, 0.4) is 0 Å². The normalized spacial score (nSPS) is 18.4. The van der Waals surface area contributed by atoms with Crippen molar-refractivity contribution in [3.8, 4) is 0 Å². The summed E-state index contributed by atoms with van der Waals surface area (Å²) in [5.41, 5.74) is 6.47. The minimum Gasteiger partial charge on any atom is -0.372 e. The SMILES string of the molecule is CCN(CC)c1ccc(N=Cc2ccc3c(c2)C(C)CC(C)(C)N3CC)cc1. The molecule has 1 heterocycles. The monoisotopic (exact) mass is 377 g/mol. The molecule has 2 aromatic carbocycles. The van der Waals surface area contributed by atoms with Gasteiger partial charge in [-0.15, -0.1) is 0 Å². The largest absolute Gasteiger partial charge is 0.372 e. The van der Waals surface area contributed by atoms with E-state index in [0.717, 1.165) is 25.3 Å². The first-order valence-corrected chi connectivity index (χ1v) is 10.7. The molecule has 1 atom stereocenters. The van der Waals surface area contributed by atoms with Crippen LogP contribution in [-0.4, -0.2) is 31.4 Å². The minimum absolute atomic E-state index is 0.212. The molecule has 3 heteroatoms. The Morgan fingerprint density at radius 2 is 1.75 bits per heavy atom. The average molecular weight is 378 g/mol. The summed E-state index contributed by atoms with van der Waals surface area (Å²) in [6.45, 7) is 16.8. The first-order chi connectivity index (χ1) is 13.4. The highest BCUT2D eigenvalue weighted by atomic mass is 15.2. The lowest BCUT2D eigenvalue weighted by Crippen LogP contribution is -2.48. The second kappa shape index (κ2) is 8.38. The minimum atomic E-state index is 0.212. The number of benzene rings is 2. The van der Waals surface area contributed by atoms with Crippen molar-refractivity contribution in [2.24, 2.45) is 4.99 Å². The van der Waals surface area contributed by atoms with E-state index in [4.69, 9.17) is 4.99 Å². The van der Waals surface area contributed by atoms with Crippen molar-refractivity contribution in [1.82, 2.24) is 0 Å². The zero-order valence-electron chi connectivity index (χ0n) is 18.4. The molecular weight excluding hydrogens is 342 g/mol. The average Bonchev–Trinajstić information content (AvgIpc) is 2.68. The van der Waals surface area contributed by atoms with Gasteiger partial charge in [0.1, 0.15) is 0 Å². The fraction of sp³-hybridized carbons (Fsp3) is 0.480. The summed E-state index contributed by atoms with van der Waals surface area (Å²) in [6, 6.07) is 15.3. The zero-order valence-corrected chi connectivity index (χ0v) is 18.4. The van der Waals surface area contributed by atoms with Gasteiger partial charge in [-0.1, -0.05) is 13.0 Å². The third-order valence-electron chi connectivity index (χ3n) is 6.07. The second-order valence-electron chi connectivity index (χ2n) is 8.43. The Kier molecular flexibility index (Phi) is 6.12. The molecule has 0 spiro atoms. The van der Waals surface area contributed by atoms with E-state index in [0.29, 0.717) is 5.92 Å². The van der Waals surface area contributed by atoms with Gasteiger partial charge >= 0.3 is 0 Å². The molecule has 0 aromatic heterocycles. The van der Waals surface area contributed by atoms with Crippen LogP contribution in [0.25, 0.3) is 0 Å². The molecule has 0 aliphatic carbocycles. The molecular formula is C25H35N3. The molecule has 3 nitrogen and oxygen atoms in total. The fourth-order valence-electron chi connectivity index (χ4n) is 4.68. The maximum Gasteiger partial charge on any atom is 0.0631 e. The van der Waals surface area contributed by atoms with E-state index in [1.807, 2.05) is 6.21 Å². The van der Waals surface area contributed by atoms with E-state index in [9.17, 15) is 0 Å². The Bertz CT molecular complexity index is 816. The van der Waals surface area contributed by atoms with Crippen molar-refractivity contribution in [2.45, 2.75) is 59.4 Å². The lowest BCUT2D eigenvalue weighted by Gasteiger charge is -2.47. The predicted octanol–water partition coefficient (Wildman–Crippen LogP) is 6.40. The Hall–Kier alpha value is -2.29. The van der Waals surface area contributed by atoms with E-state index < -0.39 is 0 Å². The van der Waals surface area contributed by atoms with Crippen molar-refractivity contribution >= 4 is 23.3 Å². The molecule has 2 aromatic rings. The molecule has 3 rings (SSSR count). The first-order valence-electron chi connectivity index (χ1n) is 10.7. The predicted molar refractivity (Wildman–Crippen MR) is 124 cm³/mol. The third kappa shape index (κ3) is 4.09. The number of rotatable bonds is 6. The van der Waals surface area contributed by atoms with Crippen LogP contribution in [0.5, 0.6) is 0 Å². The van der Waals surface area contributed by atoms with Crippen molar-refractivity contribution in [1.29, 1.82) is 0 Å². The summed E-state index contributed by atoms with van der Waals surface area (Å²) in [7, 11) is 0. The van der Waals surface area contributed by atoms with Gasteiger partial charge in [0.25, 0.3) is 0 Å². The molecule has 0 saturated carbocycles. The summed E-state index contributed by atoms with van der Waals surface area (Å²) in [4.78, 5) is 9.60. The van der Waals surface area contributed by atoms with Crippen LogP contribution in [0.15, 0.2) is 47.5 Å². The molecule has 0 radical (unpaired) electrons. The van der Waals surface area contributed by atoms with Crippen LogP contribution in [-0.2, 0) is 0 Å². The summed E-state index contributed by atoms with van der Waals surface area (Å²) < 4.78 is 0. The number of anilines is 2. The molecule has 0 saturated heterocycles. The van der Waals surface area contributed by atoms with Gasteiger partial charge in [0.05, 0.1) is 5.69 Å². The van der Waals surface area contributed by atoms with E-state index in [1.54, 1.807) is 0 Å². The highest BCUT2D eigenvalue weighted by molar-refractivity contribution is 5.84. The number of hydrogen-bond acceptors (Lipinski definition) is 3. The first kappa shape index (κ1) is 20.4. The van der Waals surface area contributed by atoms with Gasteiger partial charge in [-0.2, -0.15) is 0 Å². The molecule has 0 N–H and O–H groups in total. The van der Waals surface area contributed by atoms with Gasteiger partial charge in [0.2, 0.25) is 0 Å². The Labute approximate surface area is 171 Å². The van der Waals surface area contributed by atoms with Crippen LogP contribution in [0.1, 0.15) is 65.0 Å². The molecule has 1 unspecified atom stereocenters.